The monoisotopic (exact) mass is 409 g/mol. The summed E-state index contributed by atoms with van der Waals surface area (Å²) in [4.78, 5) is 14.3. The number of anilines is 2. The van der Waals surface area contributed by atoms with Crippen molar-refractivity contribution in [1.82, 2.24) is 9.97 Å². The van der Waals surface area contributed by atoms with Crippen molar-refractivity contribution < 1.29 is 9.64 Å². The zero-order chi connectivity index (χ0) is 19.8. The summed E-state index contributed by atoms with van der Waals surface area (Å²) in [5, 5.41) is 4.98. The van der Waals surface area contributed by atoms with Gasteiger partial charge in [0, 0.05) is 10.6 Å². The molecule has 2 N–H and O–H groups in total. The molecular formula is C23H29N4OS+. The third kappa shape index (κ3) is 3.77. The summed E-state index contributed by atoms with van der Waals surface area (Å²) >= 11 is 1.88. The van der Waals surface area contributed by atoms with E-state index in [0.717, 1.165) is 55.7 Å². The number of aryl methyl sites for hydroxylation is 4. The van der Waals surface area contributed by atoms with Crippen LogP contribution in [0.2, 0.25) is 0 Å². The summed E-state index contributed by atoms with van der Waals surface area (Å²) in [5.74, 6) is 1.94. The van der Waals surface area contributed by atoms with E-state index < -0.39 is 0 Å². The first kappa shape index (κ1) is 19.0. The molecule has 29 heavy (non-hydrogen) atoms. The molecule has 1 aliphatic heterocycles. The normalized spacial score (nSPS) is 17.4. The summed E-state index contributed by atoms with van der Waals surface area (Å²) in [6, 6.07) is 6.44. The highest BCUT2D eigenvalue weighted by Gasteiger charge is 2.23. The number of rotatable bonds is 4. The first-order valence-corrected chi connectivity index (χ1v) is 11.6. The molecule has 5 rings (SSSR count). The van der Waals surface area contributed by atoms with Crippen LogP contribution in [0.3, 0.4) is 0 Å². The predicted octanol–water partition coefficient (Wildman–Crippen LogP) is 3.35. The Hall–Kier alpha value is -2.02. The fraction of sp³-hybridized carbons (Fsp3) is 0.478. The fourth-order valence-corrected chi connectivity index (χ4v) is 5.84. The van der Waals surface area contributed by atoms with E-state index in [9.17, 15) is 0 Å². The lowest BCUT2D eigenvalue weighted by molar-refractivity contribution is -0.922. The number of thiophene rings is 1. The van der Waals surface area contributed by atoms with E-state index in [2.05, 4.69) is 37.4 Å². The predicted molar refractivity (Wildman–Crippen MR) is 118 cm³/mol. The Morgan fingerprint density at radius 3 is 2.62 bits per heavy atom. The molecule has 0 unspecified atom stereocenters. The Morgan fingerprint density at radius 1 is 1.07 bits per heavy atom. The molecular weight excluding hydrogens is 380 g/mol. The highest BCUT2D eigenvalue weighted by Crippen LogP contribution is 2.39. The number of nitrogens with one attached hydrogen (secondary N) is 2. The van der Waals surface area contributed by atoms with Crippen molar-refractivity contribution in [2.45, 2.75) is 46.1 Å². The van der Waals surface area contributed by atoms with Crippen molar-refractivity contribution in [3.63, 3.8) is 0 Å². The molecule has 152 valence electrons. The highest BCUT2D eigenvalue weighted by molar-refractivity contribution is 7.19. The van der Waals surface area contributed by atoms with Gasteiger partial charge >= 0.3 is 0 Å². The molecule has 5 nitrogen and oxygen atoms in total. The van der Waals surface area contributed by atoms with Gasteiger partial charge in [-0.1, -0.05) is 18.2 Å². The van der Waals surface area contributed by atoms with Crippen LogP contribution in [0.15, 0.2) is 18.2 Å². The summed E-state index contributed by atoms with van der Waals surface area (Å²) in [5.41, 5.74) is 5.16. The van der Waals surface area contributed by atoms with Gasteiger partial charge in [0.25, 0.3) is 0 Å². The fourth-order valence-electron chi connectivity index (χ4n) is 4.56. The third-order valence-corrected chi connectivity index (χ3v) is 7.38. The molecule has 0 radical (unpaired) electrons. The smallest absolute Gasteiger partial charge is 0.187 e. The van der Waals surface area contributed by atoms with E-state index in [-0.39, 0.29) is 0 Å². The number of ether oxygens (including phenoxy) is 1. The van der Waals surface area contributed by atoms with Gasteiger partial charge in [-0.3, -0.25) is 0 Å². The van der Waals surface area contributed by atoms with Gasteiger partial charge in [0.15, 0.2) is 5.82 Å². The third-order valence-electron chi connectivity index (χ3n) is 6.19. The zero-order valence-electron chi connectivity index (χ0n) is 17.3. The van der Waals surface area contributed by atoms with Gasteiger partial charge in [0.05, 0.1) is 18.6 Å². The maximum atomic E-state index is 5.52. The lowest BCUT2D eigenvalue weighted by Crippen LogP contribution is -3.12. The molecule has 0 amide bonds. The van der Waals surface area contributed by atoms with Crippen molar-refractivity contribution in [3.05, 3.63) is 45.6 Å². The van der Waals surface area contributed by atoms with E-state index in [4.69, 9.17) is 14.7 Å². The van der Waals surface area contributed by atoms with Crippen molar-refractivity contribution in [1.29, 1.82) is 0 Å². The van der Waals surface area contributed by atoms with Crippen LogP contribution in [0.25, 0.3) is 10.2 Å². The minimum Gasteiger partial charge on any atom is -0.370 e. The molecule has 3 aromatic rings. The van der Waals surface area contributed by atoms with Crippen LogP contribution < -0.4 is 10.2 Å². The summed E-state index contributed by atoms with van der Waals surface area (Å²) in [6.07, 6.45) is 4.89. The second-order valence-electron chi connectivity index (χ2n) is 8.31. The Kier molecular flexibility index (Phi) is 5.24. The minimum atomic E-state index is 0.832. The van der Waals surface area contributed by atoms with Crippen LogP contribution >= 0.6 is 11.3 Å². The van der Waals surface area contributed by atoms with Gasteiger partial charge in [0.2, 0.25) is 0 Å². The van der Waals surface area contributed by atoms with Crippen molar-refractivity contribution >= 4 is 33.1 Å². The number of hydrogen-bond donors (Lipinski definition) is 2. The number of para-hydroxylation sites is 1. The number of quaternary nitrogens is 1. The molecule has 1 aromatic carbocycles. The Balaban J connectivity index is 1.59. The molecule has 1 aliphatic carbocycles. The molecule has 2 aromatic heterocycles. The van der Waals surface area contributed by atoms with Crippen LogP contribution in [-0.2, 0) is 24.1 Å². The molecule has 3 heterocycles. The zero-order valence-corrected chi connectivity index (χ0v) is 18.1. The van der Waals surface area contributed by atoms with Gasteiger partial charge in [-0.05, 0) is 56.2 Å². The van der Waals surface area contributed by atoms with Gasteiger partial charge in [0.1, 0.15) is 30.3 Å². The van der Waals surface area contributed by atoms with E-state index in [1.807, 2.05) is 11.3 Å². The van der Waals surface area contributed by atoms with E-state index in [0.29, 0.717) is 0 Å². The number of aromatic nitrogens is 2. The van der Waals surface area contributed by atoms with Crippen LogP contribution in [0, 0.1) is 13.8 Å². The Bertz CT molecular complexity index is 1020. The van der Waals surface area contributed by atoms with Crippen molar-refractivity contribution in [2.24, 2.45) is 0 Å². The second kappa shape index (κ2) is 8.01. The largest absolute Gasteiger partial charge is 0.370 e. The average molecular weight is 410 g/mol. The number of benzene rings is 1. The van der Waals surface area contributed by atoms with E-state index in [1.54, 1.807) is 0 Å². The van der Waals surface area contributed by atoms with Crippen LogP contribution in [0.1, 0.15) is 40.2 Å². The van der Waals surface area contributed by atoms with Crippen LogP contribution in [0.5, 0.6) is 0 Å². The number of nitrogens with zero attached hydrogens (tertiary/aromatic N) is 2. The quantitative estimate of drug-likeness (QED) is 0.694. The maximum absolute atomic E-state index is 5.52. The average Bonchev–Trinajstić information content (AvgIpc) is 3.10. The molecule has 6 heteroatoms. The SMILES string of the molecule is Cc1cccc(C)c1Nc1nc(C[NH+]2CCOCC2)nc2sc3c(c12)CCCC3. The molecule has 0 spiro atoms. The van der Waals surface area contributed by atoms with Gasteiger partial charge < -0.3 is 15.0 Å². The number of hydrogen-bond acceptors (Lipinski definition) is 5. The topological polar surface area (TPSA) is 51.5 Å². The molecule has 0 saturated carbocycles. The lowest BCUT2D eigenvalue weighted by Gasteiger charge is -2.23. The van der Waals surface area contributed by atoms with Crippen LogP contribution in [0.4, 0.5) is 11.5 Å². The molecule has 1 fully saturated rings. The van der Waals surface area contributed by atoms with Gasteiger partial charge in [-0.15, -0.1) is 11.3 Å². The lowest BCUT2D eigenvalue weighted by atomic mass is 9.97. The molecule has 0 atom stereocenters. The summed E-state index contributed by atoms with van der Waals surface area (Å²) in [6.45, 7) is 8.91. The van der Waals surface area contributed by atoms with Crippen molar-refractivity contribution in [3.8, 4) is 0 Å². The highest BCUT2D eigenvalue weighted by atomic mass is 32.1. The van der Waals surface area contributed by atoms with E-state index in [1.165, 1.54) is 56.8 Å². The van der Waals surface area contributed by atoms with Gasteiger partial charge in [-0.2, -0.15) is 0 Å². The molecule has 2 aliphatic rings. The standard InChI is InChI=1S/C23H28N4OS/c1-15-6-5-7-16(2)21(15)26-22-20-17-8-3-4-9-18(17)29-23(20)25-19(24-22)14-27-10-12-28-13-11-27/h5-7H,3-4,8-14H2,1-2H3,(H,24,25,26)/p+1. The summed E-state index contributed by atoms with van der Waals surface area (Å²) in [7, 11) is 0. The number of morpholine rings is 1. The first-order chi connectivity index (χ1) is 14.2. The van der Waals surface area contributed by atoms with Crippen molar-refractivity contribution in [2.75, 3.05) is 31.6 Å². The molecule has 1 saturated heterocycles. The number of fused-ring (bicyclic) bond motifs is 3. The molecule has 0 bridgehead atoms. The van der Waals surface area contributed by atoms with Gasteiger partial charge in [-0.25, -0.2) is 9.97 Å². The van der Waals surface area contributed by atoms with Crippen LogP contribution in [-0.4, -0.2) is 36.3 Å². The first-order valence-electron chi connectivity index (χ1n) is 10.7. The summed E-state index contributed by atoms with van der Waals surface area (Å²) < 4.78 is 5.52. The minimum absolute atomic E-state index is 0.832. The van der Waals surface area contributed by atoms with E-state index >= 15 is 0 Å². The maximum Gasteiger partial charge on any atom is 0.187 e. The Labute approximate surface area is 176 Å². The Morgan fingerprint density at radius 2 is 1.83 bits per heavy atom. The second-order valence-corrected chi connectivity index (χ2v) is 9.39.